The summed E-state index contributed by atoms with van der Waals surface area (Å²) in [4.78, 5) is 42.5. The molecule has 34 heavy (non-hydrogen) atoms. The number of oxazole rings is 1. The van der Waals surface area contributed by atoms with Crippen LogP contribution in [0.1, 0.15) is 35.3 Å². The van der Waals surface area contributed by atoms with Gasteiger partial charge in [-0.2, -0.15) is 0 Å². The first-order valence-electron chi connectivity index (χ1n) is 11.0. The van der Waals surface area contributed by atoms with Gasteiger partial charge in [0.15, 0.2) is 5.58 Å². The van der Waals surface area contributed by atoms with Crippen LogP contribution in [-0.4, -0.2) is 39.4 Å². The number of anilines is 1. The van der Waals surface area contributed by atoms with Crippen LogP contribution in [0, 0.1) is 18.6 Å². The average Bonchev–Trinajstić information content (AvgIpc) is 3.30. The van der Waals surface area contributed by atoms with Gasteiger partial charge < -0.3 is 19.6 Å². The minimum absolute atomic E-state index is 0.0875. The third-order valence-corrected chi connectivity index (χ3v) is 6.22. The summed E-state index contributed by atoms with van der Waals surface area (Å²) in [6, 6.07) is 6.51. The van der Waals surface area contributed by atoms with Crippen LogP contribution < -0.4 is 11.1 Å². The van der Waals surface area contributed by atoms with Crippen molar-refractivity contribution in [3.05, 3.63) is 63.8 Å². The van der Waals surface area contributed by atoms with Gasteiger partial charge in [-0.1, -0.05) is 0 Å². The lowest BCUT2D eigenvalue weighted by Gasteiger charge is -2.26. The largest absolute Gasteiger partial charge is 0.420 e. The highest BCUT2D eigenvalue weighted by Crippen LogP contribution is 2.27. The maximum atomic E-state index is 14.2. The van der Waals surface area contributed by atoms with Crippen LogP contribution in [0.2, 0.25) is 0 Å². The van der Waals surface area contributed by atoms with E-state index < -0.39 is 23.3 Å². The van der Waals surface area contributed by atoms with Crippen molar-refractivity contribution in [3.8, 4) is 0 Å². The highest BCUT2D eigenvalue weighted by molar-refractivity contribution is 6.08. The number of H-pyrrole nitrogens is 1. The Balaban J connectivity index is 1.43. The third kappa shape index (κ3) is 3.85. The number of piperidine rings is 1. The Morgan fingerprint density at radius 3 is 2.65 bits per heavy atom. The van der Waals surface area contributed by atoms with Crippen LogP contribution in [0.3, 0.4) is 0 Å². The minimum Gasteiger partial charge on any atom is -0.408 e. The first-order valence-corrected chi connectivity index (χ1v) is 11.0. The fourth-order valence-electron chi connectivity index (χ4n) is 4.50. The number of nitrogens with zero attached hydrogens (tertiary/aromatic N) is 2. The van der Waals surface area contributed by atoms with Crippen LogP contribution in [0.15, 0.2) is 39.5 Å². The minimum atomic E-state index is -0.759. The molecule has 2 amide bonds. The van der Waals surface area contributed by atoms with Crippen molar-refractivity contribution in [2.45, 2.75) is 32.7 Å². The van der Waals surface area contributed by atoms with E-state index in [9.17, 15) is 23.2 Å². The molecule has 0 saturated carbocycles. The quantitative estimate of drug-likeness (QED) is 0.474. The van der Waals surface area contributed by atoms with Crippen molar-refractivity contribution in [3.63, 3.8) is 0 Å². The normalized spacial score (nSPS) is 14.1. The molecule has 10 heteroatoms. The summed E-state index contributed by atoms with van der Waals surface area (Å²) in [5, 5.41) is 2.84. The van der Waals surface area contributed by atoms with Crippen molar-refractivity contribution >= 4 is 39.5 Å². The number of carbonyl (C=O) groups is 2. The molecule has 0 atom stereocenters. The van der Waals surface area contributed by atoms with Gasteiger partial charge in [0.25, 0.3) is 5.91 Å². The molecule has 0 spiro atoms. The molecule has 0 aliphatic carbocycles. The summed E-state index contributed by atoms with van der Waals surface area (Å²) in [5.41, 5.74) is 1.61. The number of hydrogen-bond acceptors (Lipinski definition) is 4. The Bertz CT molecular complexity index is 1490. The van der Waals surface area contributed by atoms with E-state index in [1.807, 2.05) is 0 Å². The van der Waals surface area contributed by atoms with Crippen LogP contribution >= 0.6 is 0 Å². The molecule has 3 heterocycles. The zero-order chi connectivity index (χ0) is 24.0. The zero-order valence-electron chi connectivity index (χ0n) is 18.4. The van der Waals surface area contributed by atoms with Crippen molar-refractivity contribution in [2.24, 2.45) is 0 Å². The number of aryl methyl sites for hydroxylation is 1. The van der Waals surface area contributed by atoms with Gasteiger partial charge in [0.05, 0.1) is 11.0 Å². The smallest absolute Gasteiger partial charge is 0.408 e. The van der Waals surface area contributed by atoms with E-state index in [1.54, 1.807) is 24.0 Å². The Labute approximate surface area is 192 Å². The predicted molar refractivity (Wildman–Crippen MR) is 122 cm³/mol. The average molecular weight is 468 g/mol. The van der Waals surface area contributed by atoms with Gasteiger partial charge in [0.1, 0.15) is 23.9 Å². The number of rotatable bonds is 4. The van der Waals surface area contributed by atoms with Gasteiger partial charge in [-0.3, -0.25) is 14.2 Å². The molecular formula is C24H22F2N4O4. The van der Waals surface area contributed by atoms with Crippen LogP contribution in [-0.2, 0) is 11.3 Å². The molecule has 176 valence electrons. The van der Waals surface area contributed by atoms with Crippen LogP contribution in [0.5, 0.6) is 0 Å². The van der Waals surface area contributed by atoms with Crippen LogP contribution in [0.4, 0.5) is 14.5 Å². The zero-order valence-corrected chi connectivity index (χ0v) is 18.4. The van der Waals surface area contributed by atoms with E-state index in [1.165, 1.54) is 10.6 Å². The molecule has 2 N–H and O–H groups in total. The monoisotopic (exact) mass is 468 g/mol. The maximum Gasteiger partial charge on any atom is 0.420 e. The maximum absolute atomic E-state index is 14.2. The molecule has 2 aromatic carbocycles. The molecule has 8 nitrogen and oxygen atoms in total. The Morgan fingerprint density at radius 1 is 1.12 bits per heavy atom. The van der Waals surface area contributed by atoms with Gasteiger partial charge in [-0.25, -0.2) is 13.6 Å². The van der Waals surface area contributed by atoms with E-state index >= 15 is 0 Å². The number of benzene rings is 2. The van der Waals surface area contributed by atoms with E-state index in [-0.39, 0.29) is 34.6 Å². The van der Waals surface area contributed by atoms with E-state index in [2.05, 4.69) is 10.3 Å². The second-order valence-electron chi connectivity index (χ2n) is 8.47. The van der Waals surface area contributed by atoms with E-state index in [0.29, 0.717) is 29.9 Å². The number of aromatic amines is 1. The first kappa shape index (κ1) is 21.9. The highest BCUT2D eigenvalue weighted by atomic mass is 19.1. The number of carbonyl (C=O) groups excluding carboxylic acids is 2. The van der Waals surface area contributed by atoms with E-state index in [0.717, 1.165) is 31.4 Å². The molecule has 1 saturated heterocycles. The second kappa shape index (κ2) is 8.44. The topological polar surface area (TPSA) is 100 Å². The second-order valence-corrected chi connectivity index (χ2v) is 8.47. The SMILES string of the molecule is Cc1c(C(=O)Nc2ccc3oc(=O)n(CC(=O)N4CCCCC4)c3c2)[nH]c2cc(F)cc(F)c12. The molecule has 1 fully saturated rings. The summed E-state index contributed by atoms with van der Waals surface area (Å²) in [5.74, 6) is -2.89. The predicted octanol–water partition coefficient (Wildman–Crippen LogP) is 3.93. The lowest BCUT2D eigenvalue weighted by atomic mass is 10.1. The summed E-state index contributed by atoms with van der Waals surface area (Å²) < 4.78 is 34.3. The fraction of sp³-hybridized carbons (Fsp3) is 0.292. The molecular weight excluding hydrogens is 446 g/mol. The van der Waals surface area contributed by atoms with Gasteiger partial charge in [0.2, 0.25) is 5.91 Å². The summed E-state index contributed by atoms with van der Waals surface area (Å²) in [6.45, 7) is 2.74. The summed E-state index contributed by atoms with van der Waals surface area (Å²) in [7, 11) is 0. The van der Waals surface area contributed by atoms with Gasteiger partial charge in [-0.05, 0) is 56.0 Å². The Hall–Kier alpha value is -3.95. The summed E-state index contributed by atoms with van der Waals surface area (Å²) >= 11 is 0. The molecule has 4 aromatic rings. The van der Waals surface area contributed by atoms with Crippen molar-refractivity contribution in [2.75, 3.05) is 18.4 Å². The molecule has 5 rings (SSSR count). The molecule has 1 aliphatic heterocycles. The molecule has 0 radical (unpaired) electrons. The molecule has 0 unspecified atom stereocenters. The van der Waals surface area contributed by atoms with Gasteiger partial charge in [0, 0.05) is 30.2 Å². The number of likely N-dealkylation sites (tertiary alicyclic amines) is 1. The van der Waals surface area contributed by atoms with Crippen molar-refractivity contribution in [1.29, 1.82) is 0 Å². The van der Waals surface area contributed by atoms with Crippen molar-refractivity contribution < 1.29 is 22.8 Å². The Kier molecular flexibility index (Phi) is 5.43. The van der Waals surface area contributed by atoms with E-state index in [4.69, 9.17) is 4.42 Å². The highest BCUT2D eigenvalue weighted by Gasteiger charge is 2.21. The number of aromatic nitrogens is 2. The fourth-order valence-corrected chi connectivity index (χ4v) is 4.50. The summed E-state index contributed by atoms with van der Waals surface area (Å²) in [6.07, 6.45) is 2.96. The number of halogens is 2. The molecule has 1 aliphatic rings. The third-order valence-electron chi connectivity index (χ3n) is 6.22. The van der Waals surface area contributed by atoms with Crippen molar-refractivity contribution in [1.82, 2.24) is 14.5 Å². The number of amides is 2. The van der Waals surface area contributed by atoms with Gasteiger partial charge >= 0.3 is 5.76 Å². The molecule has 0 bridgehead atoms. The first-order chi connectivity index (χ1) is 16.3. The number of hydrogen-bond donors (Lipinski definition) is 2. The lowest BCUT2D eigenvalue weighted by Crippen LogP contribution is -2.39. The lowest BCUT2D eigenvalue weighted by molar-refractivity contribution is -0.132. The van der Waals surface area contributed by atoms with Gasteiger partial charge in [-0.15, -0.1) is 0 Å². The Morgan fingerprint density at radius 2 is 1.88 bits per heavy atom. The number of fused-ring (bicyclic) bond motifs is 2. The van der Waals surface area contributed by atoms with Crippen LogP contribution in [0.25, 0.3) is 22.0 Å². The number of nitrogens with one attached hydrogen (secondary N) is 2. The standard InChI is InChI=1S/C24H22F2N4O4/c1-13-21-16(26)9-14(25)10-17(21)28-22(13)23(32)27-15-5-6-19-18(11-15)30(24(33)34-19)12-20(31)29-7-3-2-4-8-29/h5-6,9-11,28H,2-4,7-8,12H2,1H3,(H,27,32). The molecule has 2 aromatic heterocycles.